The van der Waals surface area contributed by atoms with Crippen molar-refractivity contribution in [3.8, 4) is 0 Å². The van der Waals surface area contributed by atoms with Crippen molar-refractivity contribution in [3.63, 3.8) is 0 Å². The molecule has 0 saturated carbocycles. The van der Waals surface area contributed by atoms with Crippen LogP contribution < -0.4 is 5.32 Å². The zero-order chi connectivity index (χ0) is 13.1. The Bertz CT molecular complexity index is 294. The molecule has 0 fully saturated rings. The SMILES string of the molecule is CCCCCCCCCCn1cc(CNC)cn1. The minimum atomic E-state index is 0.914. The summed E-state index contributed by atoms with van der Waals surface area (Å²) in [5, 5.41) is 7.51. The van der Waals surface area contributed by atoms with Crippen LogP contribution in [0.5, 0.6) is 0 Å². The van der Waals surface area contributed by atoms with Gasteiger partial charge < -0.3 is 5.32 Å². The quantitative estimate of drug-likeness (QED) is 0.607. The molecule has 0 aliphatic carbocycles. The summed E-state index contributed by atoms with van der Waals surface area (Å²) >= 11 is 0. The fraction of sp³-hybridized carbons (Fsp3) is 0.800. The Labute approximate surface area is 112 Å². The third-order valence-corrected chi connectivity index (χ3v) is 3.31. The van der Waals surface area contributed by atoms with Gasteiger partial charge in [0.1, 0.15) is 0 Å². The Kier molecular flexibility index (Phi) is 8.57. The maximum absolute atomic E-state index is 4.37. The monoisotopic (exact) mass is 251 g/mol. The number of unbranched alkanes of at least 4 members (excludes halogenated alkanes) is 7. The van der Waals surface area contributed by atoms with Crippen molar-refractivity contribution < 1.29 is 0 Å². The zero-order valence-corrected chi connectivity index (χ0v) is 12.1. The van der Waals surface area contributed by atoms with Gasteiger partial charge in [-0.3, -0.25) is 4.68 Å². The van der Waals surface area contributed by atoms with E-state index < -0.39 is 0 Å². The van der Waals surface area contributed by atoms with Gasteiger partial charge in [-0.15, -0.1) is 0 Å². The molecule has 1 aromatic heterocycles. The molecule has 1 aromatic rings. The van der Waals surface area contributed by atoms with E-state index in [2.05, 4.69) is 28.2 Å². The number of nitrogens with one attached hydrogen (secondary N) is 1. The van der Waals surface area contributed by atoms with Crippen LogP contribution in [0, 0.1) is 0 Å². The highest BCUT2D eigenvalue weighted by Crippen LogP contribution is 2.09. The fourth-order valence-corrected chi connectivity index (χ4v) is 2.23. The van der Waals surface area contributed by atoms with E-state index in [1.165, 1.54) is 56.9 Å². The van der Waals surface area contributed by atoms with Gasteiger partial charge in [0.05, 0.1) is 6.20 Å². The van der Waals surface area contributed by atoms with Gasteiger partial charge in [0.15, 0.2) is 0 Å². The van der Waals surface area contributed by atoms with E-state index in [9.17, 15) is 0 Å². The number of aromatic nitrogens is 2. The first-order valence-electron chi connectivity index (χ1n) is 7.52. The third kappa shape index (κ3) is 6.80. The molecule has 0 aromatic carbocycles. The predicted octanol–water partition coefficient (Wildman–Crippen LogP) is 3.74. The molecular weight excluding hydrogens is 222 g/mol. The summed E-state index contributed by atoms with van der Waals surface area (Å²) in [7, 11) is 1.97. The second-order valence-corrected chi connectivity index (χ2v) is 5.12. The fourth-order valence-electron chi connectivity index (χ4n) is 2.23. The number of hydrogen-bond donors (Lipinski definition) is 1. The van der Waals surface area contributed by atoms with Crippen molar-refractivity contribution in [1.29, 1.82) is 0 Å². The predicted molar refractivity (Wildman–Crippen MR) is 77.6 cm³/mol. The summed E-state index contributed by atoms with van der Waals surface area (Å²) in [5.74, 6) is 0. The van der Waals surface area contributed by atoms with Crippen LogP contribution in [0.3, 0.4) is 0 Å². The number of rotatable bonds is 11. The highest BCUT2D eigenvalue weighted by Gasteiger charge is 1.97. The molecule has 1 rings (SSSR count). The van der Waals surface area contributed by atoms with Crippen molar-refractivity contribution >= 4 is 0 Å². The van der Waals surface area contributed by atoms with E-state index in [0.29, 0.717) is 0 Å². The Morgan fingerprint density at radius 1 is 1.06 bits per heavy atom. The van der Waals surface area contributed by atoms with Crippen molar-refractivity contribution in [1.82, 2.24) is 15.1 Å². The van der Waals surface area contributed by atoms with Crippen LogP contribution in [-0.2, 0) is 13.1 Å². The Balaban J connectivity index is 1.96. The lowest BCUT2D eigenvalue weighted by Gasteiger charge is -2.02. The van der Waals surface area contributed by atoms with Crippen LogP contribution in [0.15, 0.2) is 12.4 Å². The molecule has 0 saturated heterocycles. The minimum absolute atomic E-state index is 0.914. The maximum Gasteiger partial charge on any atom is 0.0534 e. The van der Waals surface area contributed by atoms with Gasteiger partial charge in [-0.05, 0) is 13.5 Å². The molecular formula is C15H29N3. The molecule has 0 bridgehead atoms. The summed E-state index contributed by atoms with van der Waals surface area (Å²) in [6.07, 6.45) is 15.1. The van der Waals surface area contributed by atoms with Crippen molar-refractivity contribution in [2.45, 2.75) is 71.4 Å². The lowest BCUT2D eigenvalue weighted by atomic mass is 10.1. The standard InChI is InChI=1S/C15H29N3/c1-3-4-5-6-7-8-9-10-11-18-14-15(12-16-2)13-17-18/h13-14,16H,3-12H2,1-2H3. The van der Waals surface area contributed by atoms with Crippen LogP contribution in [0.1, 0.15) is 63.9 Å². The smallest absolute Gasteiger partial charge is 0.0534 e. The second-order valence-electron chi connectivity index (χ2n) is 5.12. The number of hydrogen-bond acceptors (Lipinski definition) is 2. The Morgan fingerprint density at radius 3 is 2.39 bits per heavy atom. The molecule has 0 aliphatic rings. The third-order valence-electron chi connectivity index (χ3n) is 3.31. The first kappa shape index (κ1) is 15.2. The van der Waals surface area contributed by atoms with Crippen molar-refractivity contribution in [3.05, 3.63) is 18.0 Å². The van der Waals surface area contributed by atoms with Gasteiger partial charge >= 0.3 is 0 Å². The van der Waals surface area contributed by atoms with Gasteiger partial charge in [-0.1, -0.05) is 51.9 Å². The van der Waals surface area contributed by atoms with Crippen LogP contribution in [0.4, 0.5) is 0 Å². The van der Waals surface area contributed by atoms with Gasteiger partial charge in [-0.25, -0.2) is 0 Å². The van der Waals surface area contributed by atoms with E-state index in [-0.39, 0.29) is 0 Å². The van der Waals surface area contributed by atoms with E-state index in [4.69, 9.17) is 0 Å². The topological polar surface area (TPSA) is 29.9 Å². The number of nitrogens with zero attached hydrogens (tertiary/aromatic N) is 2. The van der Waals surface area contributed by atoms with E-state index >= 15 is 0 Å². The van der Waals surface area contributed by atoms with Crippen LogP contribution >= 0.6 is 0 Å². The molecule has 3 heteroatoms. The largest absolute Gasteiger partial charge is 0.316 e. The van der Waals surface area contributed by atoms with E-state index in [1.807, 2.05) is 13.2 Å². The molecule has 1 N–H and O–H groups in total. The summed E-state index contributed by atoms with van der Waals surface area (Å²) in [6, 6.07) is 0. The summed E-state index contributed by atoms with van der Waals surface area (Å²) in [5.41, 5.74) is 1.28. The van der Waals surface area contributed by atoms with E-state index in [0.717, 1.165) is 13.1 Å². The molecule has 0 atom stereocenters. The van der Waals surface area contributed by atoms with Crippen molar-refractivity contribution in [2.24, 2.45) is 0 Å². The van der Waals surface area contributed by atoms with Crippen LogP contribution in [-0.4, -0.2) is 16.8 Å². The number of aryl methyl sites for hydroxylation is 1. The normalized spacial score (nSPS) is 11.0. The molecule has 0 spiro atoms. The summed E-state index contributed by atoms with van der Waals surface area (Å²) < 4.78 is 2.07. The molecule has 0 amide bonds. The highest BCUT2D eigenvalue weighted by molar-refractivity contribution is 5.02. The summed E-state index contributed by atoms with van der Waals surface area (Å²) in [4.78, 5) is 0. The van der Waals surface area contributed by atoms with Gasteiger partial charge in [-0.2, -0.15) is 5.10 Å². The molecule has 104 valence electrons. The van der Waals surface area contributed by atoms with Crippen LogP contribution in [0.25, 0.3) is 0 Å². The lowest BCUT2D eigenvalue weighted by Crippen LogP contribution is -2.04. The highest BCUT2D eigenvalue weighted by atomic mass is 15.3. The molecule has 0 radical (unpaired) electrons. The Morgan fingerprint density at radius 2 is 1.72 bits per heavy atom. The molecule has 1 heterocycles. The second kappa shape index (κ2) is 10.1. The maximum atomic E-state index is 4.37. The van der Waals surface area contributed by atoms with Crippen molar-refractivity contribution in [2.75, 3.05) is 7.05 Å². The molecule has 3 nitrogen and oxygen atoms in total. The van der Waals surface area contributed by atoms with E-state index in [1.54, 1.807) is 0 Å². The Hall–Kier alpha value is -0.830. The molecule has 0 unspecified atom stereocenters. The lowest BCUT2D eigenvalue weighted by molar-refractivity contribution is 0.519. The average Bonchev–Trinajstić information content (AvgIpc) is 2.81. The zero-order valence-electron chi connectivity index (χ0n) is 12.1. The first-order chi connectivity index (χ1) is 8.86. The van der Waals surface area contributed by atoms with Gasteiger partial charge in [0.25, 0.3) is 0 Å². The molecule has 0 aliphatic heterocycles. The van der Waals surface area contributed by atoms with Gasteiger partial charge in [0, 0.05) is 24.8 Å². The van der Waals surface area contributed by atoms with Crippen LogP contribution in [0.2, 0.25) is 0 Å². The van der Waals surface area contributed by atoms with Gasteiger partial charge in [0.2, 0.25) is 0 Å². The first-order valence-corrected chi connectivity index (χ1v) is 7.52. The average molecular weight is 251 g/mol. The summed E-state index contributed by atoms with van der Waals surface area (Å²) in [6.45, 7) is 4.25. The minimum Gasteiger partial charge on any atom is -0.316 e. The molecule has 18 heavy (non-hydrogen) atoms.